The van der Waals surface area contributed by atoms with Crippen LogP contribution < -0.4 is 9.47 Å². The Kier molecular flexibility index (Phi) is 6.35. The molecule has 1 aliphatic heterocycles. The third kappa shape index (κ3) is 4.76. The Hall–Kier alpha value is -2.00. The summed E-state index contributed by atoms with van der Waals surface area (Å²) in [6.07, 6.45) is 5.23. The van der Waals surface area contributed by atoms with E-state index in [1.165, 1.54) is 37.8 Å². The van der Waals surface area contributed by atoms with Crippen LogP contribution in [0, 0.1) is 0 Å². The summed E-state index contributed by atoms with van der Waals surface area (Å²) in [7, 11) is 1.71. The first-order valence-electron chi connectivity index (χ1n) is 9.38. The molecule has 3 rings (SSSR count). The molecule has 0 unspecified atom stereocenters. The SMILES string of the molecule is CC[C@H]1CCCCN1Cc1ccc(OCc2ccccc2)c(OC)c1. The van der Waals surface area contributed by atoms with Crippen molar-refractivity contribution in [1.29, 1.82) is 0 Å². The van der Waals surface area contributed by atoms with Gasteiger partial charge >= 0.3 is 0 Å². The number of likely N-dealkylation sites (tertiary alicyclic amines) is 1. The van der Waals surface area contributed by atoms with Gasteiger partial charge in [-0.2, -0.15) is 0 Å². The zero-order chi connectivity index (χ0) is 17.5. The minimum absolute atomic E-state index is 0.556. The summed E-state index contributed by atoms with van der Waals surface area (Å²) in [5, 5.41) is 0. The molecule has 0 spiro atoms. The average Bonchev–Trinajstić information content (AvgIpc) is 2.68. The number of hydrogen-bond donors (Lipinski definition) is 0. The predicted octanol–water partition coefficient (Wildman–Crippen LogP) is 5.04. The number of piperidine rings is 1. The number of ether oxygens (including phenoxy) is 2. The van der Waals surface area contributed by atoms with Gasteiger partial charge in [0, 0.05) is 12.6 Å². The molecule has 1 heterocycles. The van der Waals surface area contributed by atoms with Crippen LogP contribution in [0.5, 0.6) is 11.5 Å². The second-order valence-electron chi connectivity index (χ2n) is 6.79. The van der Waals surface area contributed by atoms with Gasteiger partial charge in [0.25, 0.3) is 0 Å². The van der Waals surface area contributed by atoms with Crippen LogP contribution in [-0.2, 0) is 13.2 Å². The van der Waals surface area contributed by atoms with Crippen molar-refractivity contribution < 1.29 is 9.47 Å². The van der Waals surface area contributed by atoms with Crippen LogP contribution >= 0.6 is 0 Å². The summed E-state index contributed by atoms with van der Waals surface area (Å²) >= 11 is 0. The van der Waals surface area contributed by atoms with Gasteiger partial charge in [-0.1, -0.05) is 49.7 Å². The fourth-order valence-electron chi connectivity index (χ4n) is 3.63. The molecule has 1 fully saturated rings. The summed E-state index contributed by atoms with van der Waals surface area (Å²) in [6.45, 7) is 5.05. The lowest BCUT2D eigenvalue weighted by atomic mass is 9.99. The van der Waals surface area contributed by atoms with Crippen LogP contribution in [0.15, 0.2) is 48.5 Å². The summed E-state index contributed by atoms with van der Waals surface area (Å²) < 4.78 is 11.5. The minimum Gasteiger partial charge on any atom is -0.493 e. The largest absolute Gasteiger partial charge is 0.493 e. The highest BCUT2D eigenvalue weighted by Crippen LogP contribution is 2.30. The molecule has 0 saturated carbocycles. The molecule has 0 amide bonds. The molecule has 25 heavy (non-hydrogen) atoms. The number of methoxy groups -OCH3 is 1. The average molecular weight is 339 g/mol. The number of rotatable bonds is 7. The van der Waals surface area contributed by atoms with E-state index in [0.717, 1.165) is 23.6 Å². The zero-order valence-electron chi connectivity index (χ0n) is 15.4. The van der Waals surface area contributed by atoms with Crippen molar-refractivity contribution in [2.24, 2.45) is 0 Å². The highest BCUT2D eigenvalue weighted by Gasteiger charge is 2.21. The molecule has 0 radical (unpaired) electrons. The first-order valence-corrected chi connectivity index (χ1v) is 9.38. The molecular formula is C22H29NO2. The normalized spacial score (nSPS) is 18.1. The lowest BCUT2D eigenvalue weighted by Gasteiger charge is -2.35. The van der Waals surface area contributed by atoms with Crippen LogP contribution in [0.3, 0.4) is 0 Å². The summed E-state index contributed by atoms with van der Waals surface area (Å²) in [5.41, 5.74) is 2.46. The van der Waals surface area contributed by atoms with Crippen LogP contribution in [0.4, 0.5) is 0 Å². The van der Waals surface area contributed by atoms with Gasteiger partial charge in [-0.3, -0.25) is 4.90 Å². The first kappa shape index (κ1) is 17.8. The maximum atomic E-state index is 5.96. The zero-order valence-corrected chi connectivity index (χ0v) is 15.4. The van der Waals surface area contributed by atoms with E-state index in [0.29, 0.717) is 12.6 Å². The minimum atomic E-state index is 0.556. The molecule has 3 heteroatoms. The molecule has 0 N–H and O–H groups in total. The van der Waals surface area contributed by atoms with Gasteiger partial charge in [-0.25, -0.2) is 0 Å². The predicted molar refractivity (Wildman–Crippen MR) is 102 cm³/mol. The Morgan fingerprint density at radius 1 is 1.00 bits per heavy atom. The summed E-state index contributed by atoms with van der Waals surface area (Å²) in [6, 6.07) is 17.3. The summed E-state index contributed by atoms with van der Waals surface area (Å²) in [5.74, 6) is 1.62. The van der Waals surface area contributed by atoms with Gasteiger partial charge in [0.05, 0.1) is 7.11 Å². The molecule has 1 aliphatic rings. The second kappa shape index (κ2) is 8.91. The third-order valence-electron chi connectivity index (χ3n) is 5.07. The fraction of sp³-hybridized carbons (Fsp3) is 0.455. The van der Waals surface area contributed by atoms with E-state index in [1.807, 2.05) is 24.3 Å². The van der Waals surface area contributed by atoms with E-state index in [9.17, 15) is 0 Å². The molecule has 3 nitrogen and oxygen atoms in total. The van der Waals surface area contributed by atoms with Crippen molar-refractivity contribution in [2.75, 3.05) is 13.7 Å². The Morgan fingerprint density at radius 3 is 2.60 bits per heavy atom. The Bertz CT molecular complexity index is 656. The summed E-state index contributed by atoms with van der Waals surface area (Å²) in [4.78, 5) is 2.61. The molecule has 1 saturated heterocycles. The highest BCUT2D eigenvalue weighted by atomic mass is 16.5. The quantitative estimate of drug-likeness (QED) is 0.705. The molecular weight excluding hydrogens is 310 g/mol. The topological polar surface area (TPSA) is 21.7 Å². The highest BCUT2D eigenvalue weighted by molar-refractivity contribution is 5.43. The third-order valence-corrected chi connectivity index (χ3v) is 5.07. The maximum Gasteiger partial charge on any atom is 0.161 e. The molecule has 0 aromatic heterocycles. The van der Waals surface area contributed by atoms with Crippen molar-refractivity contribution >= 4 is 0 Å². The molecule has 2 aromatic rings. The van der Waals surface area contributed by atoms with Gasteiger partial charge in [-0.15, -0.1) is 0 Å². The lowest BCUT2D eigenvalue weighted by molar-refractivity contribution is 0.136. The molecule has 0 bridgehead atoms. The van der Waals surface area contributed by atoms with Gasteiger partial charge in [-0.05, 0) is 49.1 Å². The molecule has 2 aromatic carbocycles. The van der Waals surface area contributed by atoms with Gasteiger partial charge in [0.1, 0.15) is 6.61 Å². The van der Waals surface area contributed by atoms with Crippen molar-refractivity contribution in [3.05, 3.63) is 59.7 Å². The second-order valence-corrected chi connectivity index (χ2v) is 6.79. The van der Waals surface area contributed by atoms with E-state index in [4.69, 9.17) is 9.47 Å². The molecule has 134 valence electrons. The van der Waals surface area contributed by atoms with Crippen LogP contribution in [0.2, 0.25) is 0 Å². The Labute approximate surface area is 151 Å². The van der Waals surface area contributed by atoms with Crippen molar-refractivity contribution in [3.63, 3.8) is 0 Å². The van der Waals surface area contributed by atoms with Crippen LogP contribution in [0.1, 0.15) is 43.7 Å². The van der Waals surface area contributed by atoms with Crippen LogP contribution in [-0.4, -0.2) is 24.6 Å². The standard InChI is InChI=1S/C22H29NO2/c1-3-20-11-7-8-14-23(20)16-19-12-13-21(22(15-19)24-2)25-17-18-9-5-4-6-10-18/h4-6,9-10,12-13,15,20H,3,7-8,11,14,16-17H2,1-2H3/t20-/m0/s1. The van der Waals surface area contributed by atoms with Crippen LogP contribution in [0.25, 0.3) is 0 Å². The van der Waals surface area contributed by atoms with E-state index in [1.54, 1.807) is 7.11 Å². The number of hydrogen-bond acceptors (Lipinski definition) is 3. The number of benzene rings is 2. The number of nitrogens with zero attached hydrogens (tertiary/aromatic N) is 1. The monoisotopic (exact) mass is 339 g/mol. The smallest absolute Gasteiger partial charge is 0.161 e. The van der Waals surface area contributed by atoms with E-state index in [-0.39, 0.29) is 0 Å². The fourth-order valence-corrected chi connectivity index (χ4v) is 3.63. The molecule has 1 atom stereocenters. The van der Waals surface area contributed by atoms with E-state index < -0.39 is 0 Å². The maximum absolute atomic E-state index is 5.96. The van der Waals surface area contributed by atoms with E-state index >= 15 is 0 Å². The van der Waals surface area contributed by atoms with Crippen molar-refractivity contribution in [2.45, 2.75) is 51.8 Å². The van der Waals surface area contributed by atoms with Gasteiger partial charge < -0.3 is 9.47 Å². The van der Waals surface area contributed by atoms with E-state index in [2.05, 4.69) is 36.1 Å². The molecule has 0 aliphatic carbocycles. The van der Waals surface area contributed by atoms with Gasteiger partial charge in [0.2, 0.25) is 0 Å². The van der Waals surface area contributed by atoms with Crippen molar-refractivity contribution in [1.82, 2.24) is 4.90 Å². The van der Waals surface area contributed by atoms with Crippen molar-refractivity contribution in [3.8, 4) is 11.5 Å². The Balaban J connectivity index is 1.66. The van der Waals surface area contributed by atoms with Gasteiger partial charge in [0.15, 0.2) is 11.5 Å². The Morgan fingerprint density at radius 2 is 1.84 bits per heavy atom. The first-order chi connectivity index (χ1) is 12.3. The lowest BCUT2D eigenvalue weighted by Crippen LogP contribution is -2.38.